The molecule has 0 aliphatic rings. The molecule has 1 heterocycles. The first kappa shape index (κ1) is 20.5. The molecule has 3 aromatic carbocycles. The zero-order chi connectivity index (χ0) is 21.8. The Balaban J connectivity index is 1.64. The van der Waals surface area contributed by atoms with Crippen LogP contribution in [0, 0.1) is 11.3 Å². The maximum Gasteiger partial charge on any atom is 0.0998 e. The summed E-state index contributed by atoms with van der Waals surface area (Å²) in [6, 6.07) is 22.6. The van der Waals surface area contributed by atoms with Crippen molar-refractivity contribution in [3.63, 3.8) is 0 Å². The smallest absolute Gasteiger partial charge is 0.0998 e. The monoisotopic (exact) mass is 424 g/mol. The Bertz CT molecular complexity index is 1300. The van der Waals surface area contributed by atoms with Crippen LogP contribution >= 0.6 is 11.8 Å². The first-order valence-corrected chi connectivity index (χ1v) is 10.6. The molecule has 4 aromatic rings. The number of benzene rings is 3. The van der Waals surface area contributed by atoms with Crippen molar-refractivity contribution in [1.82, 2.24) is 4.98 Å². The molecular weight excluding hydrogens is 406 g/mol. The highest BCUT2D eigenvalue weighted by Gasteiger charge is 2.14. The molecule has 0 amide bonds. The molecule has 152 valence electrons. The Kier molecular flexibility index (Phi) is 5.87. The number of fused-ring (bicyclic) bond motifs is 1. The molecule has 0 radical (unpaired) electrons. The molecule has 0 atom stereocenters. The maximum atomic E-state index is 10.9. The van der Waals surface area contributed by atoms with Gasteiger partial charge < -0.3 is 14.8 Å². The van der Waals surface area contributed by atoms with Crippen molar-refractivity contribution in [2.75, 3.05) is 11.9 Å². The zero-order valence-electron chi connectivity index (χ0n) is 16.8. The van der Waals surface area contributed by atoms with Crippen LogP contribution in [-0.2, 0) is 5.75 Å². The number of hydrogen-bond acceptors (Lipinski definition) is 6. The summed E-state index contributed by atoms with van der Waals surface area (Å²) in [4.78, 5) is 18.4. The summed E-state index contributed by atoms with van der Waals surface area (Å²) in [5.41, 5.74) is 3.78. The van der Waals surface area contributed by atoms with Gasteiger partial charge in [0.15, 0.2) is 0 Å². The van der Waals surface area contributed by atoms with Crippen molar-refractivity contribution in [2.45, 2.75) is 10.6 Å². The molecule has 0 aliphatic heterocycles. The minimum Gasteiger partial charge on any atom is -0.545 e. The largest absolute Gasteiger partial charge is 0.545 e. The molecule has 0 unspecified atom stereocenters. The van der Waals surface area contributed by atoms with Gasteiger partial charge >= 0.3 is 0 Å². The number of carbonyl (C=O) groups excluding carboxylic acids is 1. The normalized spacial score (nSPS) is 10.6. The average Bonchev–Trinajstić information content (AvgIpc) is 2.82. The molecule has 0 bridgehead atoms. The van der Waals surface area contributed by atoms with E-state index in [4.69, 9.17) is 0 Å². The van der Waals surface area contributed by atoms with E-state index >= 15 is 0 Å². The van der Waals surface area contributed by atoms with Crippen LogP contribution in [0.1, 0.15) is 21.5 Å². The number of carbonyl (C=O) groups is 1. The van der Waals surface area contributed by atoms with E-state index < -0.39 is 5.97 Å². The number of hydrogen-bond donors (Lipinski definition) is 0. The van der Waals surface area contributed by atoms with E-state index in [0.717, 1.165) is 32.6 Å². The van der Waals surface area contributed by atoms with Gasteiger partial charge in [0.1, 0.15) is 0 Å². The Hall–Kier alpha value is -3.82. The molecule has 0 N–H and O–H groups in total. The molecular formula is C25H18N3O2S-. The molecule has 1 aromatic heterocycles. The third-order valence-corrected chi connectivity index (χ3v) is 6.22. The van der Waals surface area contributed by atoms with Gasteiger partial charge in [-0.15, -0.1) is 11.8 Å². The van der Waals surface area contributed by atoms with E-state index in [-0.39, 0.29) is 5.56 Å². The third-order valence-electron chi connectivity index (χ3n) is 5.09. The number of aromatic carboxylic acids is 1. The number of carboxylic acid groups (broad SMARTS) is 1. The van der Waals surface area contributed by atoms with Crippen molar-refractivity contribution in [2.24, 2.45) is 0 Å². The highest BCUT2D eigenvalue weighted by Crippen LogP contribution is 2.38. The summed E-state index contributed by atoms with van der Waals surface area (Å²) < 4.78 is 0. The van der Waals surface area contributed by atoms with Gasteiger partial charge in [-0.3, -0.25) is 4.98 Å². The molecule has 0 fully saturated rings. The lowest BCUT2D eigenvalue weighted by atomic mass is 10.0. The highest BCUT2D eigenvalue weighted by atomic mass is 32.2. The number of nitriles is 1. The van der Waals surface area contributed by atoms with Crippen LogP contribution in [-0.4, -0.2) is 18.0 Å². The van der Waals surface area contributed by atoms with E-state index in [1.54, 1.807) is 42.2 Å². The zero-order valence-corrected chi connectivity index (χ0v) is 17.6. The first-order valence-electron chi connectivity index (χ1n) is 9.61. The topological polar surface area (TPSA) is 80.1 Å². The minimum absolute atomic E-state index is 0.172. The second-order valence-electron chi connectivity index (χ2n) is 6.97. The van der Waals surface area contributed by atoms with Gasteiger partial charge in [-0.2, -0.15) is 5.26 Å². The van der Waals surface area contributed by atoms with Gasteiger partial charge in [0.05, 0.1) is 29.5 Å². The third kappa shape index (κ3) is 4.23. The van der Waals surface area contributed by atoms with Crippen LogP contribution in [0.25, 0.3) is 10.8 Å². The van der Waals surface area contributed by atoms with Crippen LogP contribution in [0.5, 0.6) is 0 Å². The lowest BCUT2D eigenvalue weighted by molar-refractivity contribution is -0.255. The van der Waals surface area contributed by atoms with Gasteiger partial charge in [-0.25, -0.2) is 0 Å². The SMILES string of the molecule is CN(c1cnccc1SCc1ccc(C(=O)[O-])cc1)c1ccc(C#N)c2ccccc12. The fourth-order valence-electron chi connectivity index (χ4n) is 3.45. The quantitative estimate of drug-likeness (QED) is 0.423. The minimum atomic E-state index is -1.17. The van der Waals surface area contributed by atoms with Crippen LogP contribution < -0.4 is 10.0 Å². The van der Waals surface area contributed by atoms with E-state index in [9.17, 15) is 15.2 Å². The Labute approximate surface area is 184 Å². The van der Waals surface area contributed by atoms with Crippen LogP contribution in [0.15, 0.2) is 84.0 Å². The second-order valence-corrected chi connectivity index (χ2v) is 7.98. The lowest BCUT2D eigenvalue weighted by Crippen LogP contribution is -2.21. The molecule has 0 aliphatic carbocycles. The molecule has 31 heavy (non-hydrogen) atoms. The molecule has 0 spiro atoms. The van der Waals surface area contributed by atoms with Gasteiger partial charge in [-0.1, -0.05) is 48.5 Å². The number of carboxylic acids is 1. The van der Waals surface area contributed by atoms with E-state index in [0.29, 0.717) is 11.3 Å². The summed E-state index contributed by atoms with van der Waals surface area (Å²) in [5.74, 6) is -0.487. The summed E-state index contributed by atoms with van der Waals surface area (Å²) in [7, 11) is 1.99. The molecule has 4 rings (SSSR count). The molecule has 0 saturated heterocycles. The van der Waals surface area contributed by atoms with Crippen molar-refractivity contribution < 1.29 is 9.90 Å². The van der Waals surface area contributed by atoms with Crippen LogP contribution in [0.2, 0.25) is 0 Å². The number of aromatic nitrogens is 1. The van der Waals surface area contributed by atoms with Crippen LogP contribution in [0.3, 0.4) is 0 Å². The fraction of sp³-hybridized carbons (Fsp3) is 0.0800. The molecule has 6 heteroatoms. The van der Waals surface area contributed by atoms with Gasteiger partial charge in [0.2, 0.25) is 0 Å². The summed E-state index contributed by atoms with van der Waals surface area (Å²) >= 11 is 1.65. The van der Waals surface area contributed by atoms with Crippen molar-refractivity contribution in [1.29, 1.82) is 5.26 Å². The number of rotatable bonds is 6. The number of pyridine rings is 1. The predicted molar refractivity (Wildman–Crippen MR) is 121 cm³/mol. The molecule has 5 nitrogen and oxygen atoms in total. The standard InChI is InChI=1S/C25H19N3O2S/c1-28(22-11-10-19(14-26)20-4-2-3-5-21(20)22)23-15-27-13-12-24(23)31-16-17-6-8-18(9-7-17)25(29)30/h2-13,15H,16H2,1H3,(H,29,30)/p-1. The Morgan fingerprint density at radius 3 is 2.48 bits per heavy atom. The number of anilines is 2. The van der Waals surface area contributed by atoms with E-state index in [1.807, 2.05) is 55.7 Å². The molecule has 0 saturated carbocycles. The first-order chi connectivity index (χ1) is 15.1. The van der Waals surface area contributed by atoms with E-state index in [1.165, 1.54) is 0 Å². The fourth-order valence-corrected chi connectivity index (χ4v) is 4.46. The van der Waals surface area contributed by atoms with Crippen molar-refractivity contribution in [3.8, 4) is 6.07 Å². The maximum absolute atomic E-state index is 10.9. The highest BCUT2D eigenvalue weighted by molar-refractivity contribution is 7.98. The average molecular weight is 425 g/mol. The van der Waals surface area contributed by atoms with Crippen molar-refractivity contribution in [3.05, 3.63) is 95.8 Å². The Morgan fingerprint density at radius 2 is 1.77 bits per heavy atom. The predicted octanol–water partition coefficient (Wildman–Crippen LogP) is 4.53. The van der Waals surface area contributed by atoms with E-state index in [2.05, 4.69) is 16.0 Å². The summed E-state index contributed by atoms with van der Waals surface area (Å²) in [6.45, 7) is 0. The van der Waals surface area contributed by atoms with Gasteiger partial charge in [0, 0.05) is 40.4 Å². The van der Waals surface area contributed by atoms with Crippen molar-refractivity contribution >= 4 is 39.9 Å². The second kappa shape index (κ2) is 8.90. The lowest BCUT2D eigenvalue weighted by Gasteiger charge is -2.24. The van der Waals surface area contributed by atoms with Crippen LogP contribution in [0.4, 0.5) is 11.4 Å². The number of thioether (sulfide) groups is 1. The summed E-state index contributed by atoms with van der Waals surface area (Å²) in [5, 5.41) is 22.3. The van der Waals surface area contributed by atoms with Gasteiger partial charge in [-0.05, 0) is 29.3 Å². The Morgan fingerprint density at radius 1 is 1.03 bits per heavy atom. The summed E-state index contributed by atoms with van der Waals surface area (Å²) in [6.07, 6.45) is 3.59. The van der Waals surface area contributed by atoms with Gasteiger partial charge in [0.25, 0.3) is 0 Å². The number of nitrogens with zero attached hydrogens (tertiary/aromatic N) is 3.